The monoisotopic (exact) mass is 344 g/mol. The van der Waals surface area contributed by atoms with Crippen molar-refractivity contribution in [3.05, 3.63) is 46.6 Å². The van der Waals surface area contributed by atoms with Crippen LogP contribution in [0.1, 0.15) is 53.6 Å². The van der Waals surface area contributed by atoms with Gasteiger partial charge in [0.05, 0.1) is 18.3 Å². The molecule has 0 saturated heterocycles. The minimum atomic E-state index is -0.546. The van der Waals surface area contributed by atoms with Crippen molar-refractivity contribution in [1.29, 1.82) is 0 Å². The van der Waals surface area contributed by atoms with E-state index in [0.29, 0.717) is 17.6 Å². The number of ether oxygens (including phenoxy) is 1. The fraction of sp³-hybridized carbons (Fsp3) is 0.412. The van der Waals surface area contributed by atoms with E-state index in [0.717, 1.165) is 31.4 Å². The molecule has 2 aromatic rings. The van der Waals surface area contributed by atoms with E-state index in [1.807, 2.05) is 18.2 Å². The van der Waals surface area contributed by atoms with Gasteiger partial charge in [-0.3, -0.25) is 4.98 Å². The number of pyridine rings is 1. The van der Waals surface area contributed by atoms with E-state index >= 15 is 0 Å². The number of esters is 1. The Bertz CT molecular complexity index is 789. The summed E-state index contributed by atoms with van der Waals surface area (Å²) in [6.07, 6.45) is 5.72. The molecule has 0 spiro atoms. The summed E-state index contributed by atoms with van der Waals surface area (Å²) >= 11 is 6.39. The van der Waals surface area contributed by atoms with Gasteiger partial charge in [-0.25, -0.2) is 14.8 Å². The molecule has 6 nitrogen and oxygen atoms in total. The maximum atomic E-state index is 12.0. The van der Waals surface area contributed by atoms with Crippen molar-refractivity contribution in [2.45, 2.75) is 37.1 Å². The second-order valence-electron chi connectivity index (χ2n) is 6.28. The summed E-state index contributed by atoms with van der Waals surface area (Å²) in [7, 11) is 1.32. The molecule has 0 bridgehead atoms. The molecule has 2 heterocycles. The van der Waals surface area contributed by atoms with E-state index in [-0.39, 0.29) is 16.3 Å². The van der Waals surface area contributed by atoms with Gasteiger partial charge in [0.25, 0.3) is 0 Å². The lowest BCUT2D eigenvalue weighted by Crippen LogP contribution is -2.22. The van der Waals surface area contributed by atoms with Crippen molar-refractivity contribution in [2.75, 3.05) is 12.4 Å². The van der Waals surface area contributed by atoms with Crippen LogP contribution < -0.4 is 5.32 Å². The van der Waals surface area contributed by atoms with Crippen molar-refractivity contribution in [2.24, 2.45) is 0 Å². The Kier molecular flexibility index (Phi) is 3.64. The summed E-state index contributed by atoms with van der Waals surface area (Å²) < 4.78 is 4.80. The van der Waals surface area contributed by atoms with E-state index in [9.17, 15) is 4.79 Å². The van der Waals surface area contributed by atoms with Gasteiger partial charge in [-0.05, 0) is 37.8 Å². The molecule has 2 saturated carbocycles. The quantitative estimate of drug-likeness (QED) is 0.839. The predicted octanol–water partition coefficient (Wildman–Crippen LogP) is 3.29. The highest BCUT2D eigenvalue weighted by atomic mass is 35.5. The number of methoxy groups -OCH3 is 1. The van der Waals surface area contributed by atoms with E-state index in [1.165, 1.54) is 7.11 Å². The van der Waals surface area contributed by atoms with Crippen molar-refractivity contribution in [3.63, 3.8) is 0 Å². The zero-order valence-electron chi connectivity index (χ0n) is 13.3. The summed E-state index contributed by atoms with van der Waals surface area (Å²) in [5.74, 6) is 0.891. The van der Waals surface area contributed by atoms with E-state index in [1.54, 1.807) is 6.20 Å². The first-order chi connectivity index (χ1) is 11.6. The van der Waals surface area contributed by atoms with Gasteiger partial charge in [-0.15, -0.1) is 0 Å². The Balaban J connectivity index is 1.72. The van der Waals surface area contributed by atoms with Crippen molar-refractivity contribution >= 4 is 23.4 Å². The lowest BCUT2D eigenvalue weighted by atomic mass is 10.1. The molecule has 2 aliphatic rings. The van der Waals surface area contributed by atoms with Gasteiger partial charge in [-0.1, -0.05) is 17.7 Å². The van der Waals surface area contributed by atoms with Crippen molar-refractivity contribution < 1.29 is 9.53 Å². The number of rotatable bonds is 5. The first-order valence-electron chi connectivity index (χ1n) is 7.98. The highest BCUT2D eigenvalue weighted by Crippen LogP contribution is 2.48. The fourth-order valence-corrected chi connectivity index (χ4v) is 2.95. The molecule has 0 radical (unpaired) electrons. The molecule has 124 valence electrons. The summed E-state index contributed by atoms with van der Waals surface area (Å²) in [6.45, 7) is 0. The molecular formula is C17H17ClN4O2. The van der Waals surface area contributed by atoms with Gasteiger partial charge in [0, 0.05) is 12.1 Å². The van der Waals surface area contributed by atoms with E-state index < -0.39 is 5.97 Å². The standard InChI is InChI=1S/C17H17ClN4O2/c1-24-16(23)13-12(18)15(21-14(20-13)10-5-6-10)22-17(7-8-17)11-4-2-3-9-19-11/h2-4,9-10H,5-8H2,1H3,(H,20,21,22). The van der Waals surface area contributed by atoms with Gasteiger partial charge in [-0.2, -0.15) is 0 Å². The van der Waals surface area contributed by atoms with Crippen LogP contribution in [0.5, 0.6) is 0 Å². The first kappa shape index (κ1) is 15.3. The number of carbonyl (C=O) groups is 1. The number of aromatic nitrogens is 3. The highest BCUT2D eigenvalue weighted by Gasteiger charge is 2.46. The van der Waals surface area contributed by atoms with Crippen LogP contribution >= 0.6 is 11.6 Å². The number of carbonyl (C=O) groups excluding carboxylic acids is 1. The molecular weight excluding hydrogens is 328 g/mol. The lowest BCUT2D eigenvalue weighted by molar-refractivity contribution is 0.0593. The number of hydrogen-bond donors (Lipinski definition) is 1. The molecule has 24 heavy (non-hydrogen) atoms. The van der Waals surface area contributed by atoms with Crippen LogP contribution in [0.3, 0.4) is 0 Å². The highest BCUT2D eigenvalue weighted by molar-refractivity contribution is 6.35. The van der Waals surface area contributed by atoms with E-state index in [2.05, 4.69) is 20.3 Å². The van der Waals surface area contributed by atoms with Gasteiger partial charge in [0.1, 0.15) is 16.7 Å². The second-order valence-corrected chi connectivity index (χ2v) is 6.66. The van der Waals surface area contributed by atoms with Crippen LogP contribution in [-0.4, -0.2) is 28.0 Å². The number of nitrogens with one attached hydrogen (secondary N) is 1. The molecule has 0 aromatic carbocycles. The van der Waals surface area contributed by atoms with Crippen LogP contribution in [0.15, 0.2) is 24.4 Å². The number of halogens is 1. The average molecular weight is 345 g/mol. The number of nitrogens with zero attached hydrogens (tertiary/aromatic N) is 3. The number of hydrogen-bond acceptors (Lipinski definition) is 6. The molecule has 0 atom stereocenters. The summed E-state index contributed by atoms with van der Waals surface area (Å²) in [6, 6.07) is 5.83. The van der Waals surface area contributed by atoms with Gasteiger partial charge in [0.15, 0.2) is 5.69 Å². The zero-order valence-corrected chi connectivity index (χ0v) is 14.0. The summed E-state index contributed by atoms with van der Waals surface area (Å²) in [4.78, 5) is 25.3. The largest absolute Gasteiger partial charge is 0.464 e. The molecule has 2 aliphatic carbocycles. The van der Waals surface area contributed by atoms with Crippen LogP contribution in [-0.2, 0) is 10.3 Å². The Morgan fingerprint density at radius 1 is 1.33 bits per heavy atom. The molecule has 4 rings (SSSR count). The molecule has 2 aromatic heterocycles. The van der Waals surface area contributed by atoms with Crippen LogP contribution in [0.4, 0.5) is 5.82 Å². The lowest BCUT2D eigenvalue weighted by Gasteiger charge is -2.19. The Morgan fingerprint density at radius 3 is 2.71 bits per heavy atom. The Morgan fingerprint density at radius 2 is 2.12 bits per heavy atom. The smallest absolute Gasteiger partial charge is 0.358 e. The molecule has 0 unspecified atom stereocenters. The normalized spacial score (nSPS) is 18.1. The van der Waals surface area contributed by atoms with Gasteiger partial charge in [0.2, 0.25) is 0 Å². The minimum absolute atomic E-state index is 0.121. The van der Waals surface area contributed by atoms with E-state index in [4.69, 9.17) is 16.3 Å². The first-order valence-corrected chi connectivity index (χ1v) is 8.36. The maximum absolute atomic E-state index is 12.0. The van der Waals surface area contributed by atoms with Gasteiger partial charge < -0.3 is 10.1 Å². The molecule has 7 heteroatoms. The van der Waals surface area contributed by atoms with Crippen LogP contribution in [0.25, 0.3) is 0 Å². The SMILES string of the molecule is COC(=O)c1nc(C2CC2)nc(NC2(c3ccccn3)CC2)c1Cl. The third-order valence-corrected chi connectivity index (χ3v) is 4.81. The Hall–Kier alpha value is -2.21. The zero-order chi connectivity index (χ0) is 16.7. The third-order valence-electron chi connectivity index (χ3n) is 4.45. The van der Waals surface area contributed by atoms with Gasteiger partial charge >= 0.3 is 5.97 Å². The van der Waals surface area contributed by atoms with Crippen LogP contribution in [0.2, 0.25) is 5.02 Å². The number of anilines is 1. The average Bonchev–Trinajstić information content (AvgIpc) is 3.51. The van der Waals surface area contributed by atoms with Crippen LogP contribution in [0, 0.1) is 0 Å². The summed E-state index contributed by atoms with van der Waals surface area (Å²) in [5.41, 5.74) is 0.802. The van der Waals surface area contributed by atoms with Crippen molar-refractivity contribution in [1.82, 2.24) is 15.0 Å². The van der Waals surface area contributed by atoms with Crippen molar-refractivity contribution in [3.8, 4) is 0 Å². The molecule has 1 N–H and O–H groups in total. The fourth-order valence-electron chi connectivity index (χ4n) is 2.75. The topological polar surface area (TPSA) is 77.0 Å². The molecule has 0 amide bonds. The maximum Gasteiger partial charge on any atom is 0.358 e. The summed E-state index contributed by atoms with van der Waals surface area (Å²) in [5, 5.41) is 3.61. The third kappa shape index (κ3) is 2.71. The second kappa shape index (κ2) is 5.70. The Labute approximate surface area is 144 Å². The predicted molar refractivity (Wildman–Crippen MR) is 89.1 cm³/mol. The minimum Gasteiger partial charge on any atom is -0.464 e. The molecule has 0 aliphatic heterocycles. The molecule has 2 fully saturated rings.